The SMILES string of the molecule is C[C@@H](NC(=O)N1C(=O)[C@@]2(c3cc(C#CCN(C)Cc4ccccc4)ccc31)[C@H](C(=O)O)[C@H]1C(=O)O[C@H](c3ccccc3)[C@H](c3ccccc3)N1[C@@H]2c1cccc(OCCO)c1)c1ccccc1. The Kier molecular flexibility index (Phi) is 12.7. The van der Waals surface area contributed by atoms with E-state index in [4.69, 9.17) is 9.47 Å². The number of imide groups is 1. The second kappa shape index (κ2) is 19.1. The number of cyclic esters (lactones) is 1. The highest BCUT2D eigenvalue weighted by Gasteiger charge is 2.76. The molecule has 3 aliphatic heterocycles. The molecule has 3 N–H and O–H groups in total. The standard InChI is InChI=1S/C55H50N4O8/c1-36(39-20-9-4-10-21-39)56-54(65)58-45-29-28-37(19-16-30-57(2)35-38-17-7-3-8-18-38)33-44(45)55(53(58)64)46(51(61)62)48-52(63)67-49(41-24-13-6-14-25-41)47(40-22-11-5-12-23-40)59(48)50(55)42-26-15-27-43(34-42)66-32-31-60/h3-15,17-18,20-29,33-34,36,46-50,60H,30-32,35H2,1-2H3,(H,56,65)(H,61,62)/t36-,46+,47+,48+,49-,50-,55+/m1/s1. The van der Waals surface area contributed by atoms with Crippen LogP contribution in [0.2, 0.25) is 0 Å². The Labute approximate surface area is 389 Å². The third-order valence-electron chi connectivity index (χ3n) is 13.0. The predicted octanol–water partition coefficient (Wildman–Crippen LogP) is 7.76. The molecule has 2 fully saturated rings. The fourth-order valence-corrected chi connectivity index (χ4v) is 10.2. The van der Waals surface area contributed by atoms with Crippen LogP contribution >= 0.6 is 0 Å². The third-order valence-corrected chi connectivity index (χ3v) is 13.0. The number of carboxylic acid groups (broad SMARTS) is 1. The van der Waals surface area contributed by atoms with Crippen LogP contribution in [-0.4, -0.2) is 76.7 Å². The number of rotatable bonds is 12. The molecular formula is C55H50N4O8. The summed E-state index contributed by atoms with van der Waals surface area (Å²) in [5, 5.41) is 24.5. The number of aliphatic hydroxyl groups excluding tert-OH is 1. The molecule has 0 aliphatic carbocycles. The van der Waals surface area contributed by atoms with Gasteiger partial charge in [0.2, 0.25) is 5.91 Å². The lowest BCUT2D eigenvalue weighted by molar-refractivity contribution is -0.179. The molecule has 338 valence electrons. The van der Waals surface area contributed by atoms with Crippen molar-refractivity contribution in [3.63, 3.8) is 0 Å². The van der Waals surface area contributed by atoms with E-state index in [-0.39, 0.29) is 24.5 Å². The summed E-state index contributed by atoms with van der Waals surface area (Å²) in [6.45, 7) is 2.56. The van der Waals surface area contributed by atoms with Gasteiger partial charge in [-0.1, -0.05) is 145 Å². The summed E-state index contributed by atoms with van der Waals surface area (Å²) < 4.78 is 12.4. The van der Waals surface area contributed by atoms with Crippen LogP contribution in [0.15, 0.2) is 164 Å². The number of nitrogens with zero attached hydrogens (tertiary/aromatic N) is 3. The number of ether oxygens (including phenoxy) is 2. The number of hydrogen-bond acceptors (Lipinski definition) is 9. The Morgan fingerprint density at radius 3 is 2.12 bits per heavy atom. The van der Waals surface area contributed by atoms with Gasteiger partial charge in [0.25, 0.3) is 0 Å². The second-order valence-corrected chi connectivity index (χ2v) is 17.2. The van der Waals surface area contributed by atoms with E-state index in [1.54, 1.807) is 49.4 Å². The van der Waals surface area contributed by atoms with Crippen molar-refractivity contribution in [2.24, 2.45) is 5.92 Å². The number of hydrogen-bond donors (Lipinski definition) is 3. The number of carbonyl (C=O) groups excluding carboxylic acids is 3. The Balaban J connectivity index is 1.27. The molecule has 0 aromatic heterocycles. The molecule has 1 spiro atoms. The summed E-state index contributed by atoms with van der Waals surface area (Å²) in [7, 11) is 1.96. The van der Waals surface area contributed by atoms with Gasteiger partial charge in [0.15, 0.2) is 0 Å². The summed E-state index contributed by atoms with van der Waals surface area (Å²) >= 11 is 0. The van der Waals surface area contributed by atoms with Crippen LogP contribution in [0.1, 0.15) is 70.1 Å². The lowest BCUT2D eigenvalue weighted by Crippen LogP contribution is -2.54. The van der Waals surface area contributed by atoms with E-state index in [1.807, 2.05) is 133 Å². The fraction of sp³-hybridized carbons (Fsp3) is 0.236. The van der Waals surface area contributed by atoms with Crippen molar-refractivity contribution < 1.29 is 38.9 Å². The third kappa shape index (κ3) is 8.34. The molecule has 12 heteroatoms. The normalized spacial score (nSPS) is 22.3. The number of amides is 3. The maximum Gasteiger partial charge on any atom is 0.329 e. The van der Waals surface area contributed by atoms with Gasteiger partial charge in [-0.15, -0.1) is 0 Å². The Bertz CT molecular complexity index is 2840. The highest BCUT2D eigenvalue weighted by atomic mass is 16.6. The molecule has 3 aliphatic rings. The van der Waals surface area contributed by atoms with Crippen molar-refractivity contribution in [2.45, 2.75) is 49.2 Å². The number of carbonyl (C=O) groups is 4. The molecule has 6 aromatic carbocycles. The van der Waals surface area contributed by atoms with Gasteiger partial charge in [0.05, 0.1) is 37.0 Å². The maximum absolute atomic E-state index is 16.3. The van der Waals surface area contributed by atoms with E-state index in [9.17, 15) is 19.8 Å². The first kappa shape index (κ1) is 44.6. The van der Waals surface area contributed by atoms with Crippen LogP contribution in [0, 0.1) is 17.8 Å². The highest BCUT2D eigenvalue weighted by Crippen LogP contribution is 2.66. The van der Waals surface area contributed by atoms with E-state index in [0.29, 0.717) is 41.1 Å². The minimum Gasteiger partial charge on any atom is -0.491 e. The molecule has 67 heavy (non-hydrogen) atoms. The summed E-state index contributed by atoms with van der Waals surface area (Å²) in [4.78, 5) is 65.5. The van der Waals surface area contributed by atoms with Crippen molar-refractivity contribution in [3.05, 3.63) is 203 Å². The first-order chi connectivity index (χ1) is 32.6. The summed E-state index contributed by atoms with van der Waals surface area (Å²) in [5.41, 5.74) is 2.48. The monoisotopic (exact) mass is 894 g/mol. The van der Waals surface area contributed by atoms with Gasteiger partial charge in [-0.2, -0.15) is 0 Å². The predicted molar refractivity (Wildman–Crippen MR) is 252 cm³/mol. The smallest absolute Gasteiger partial charge is 0.329 e. The topological polar surface area (TPSA) is 149 Å². The molecule has 6 aromatic rings. The van der Waals surface area contributed by atoms with Gasteiger partial charge in [0.1, 0.15) is 35.8 Å². The number of urea groups is 1. The molecule has 7 atom stereocenters. The molecule has 0 radical (unpaired) electrons. The number of aliphatic hydroxyl groups is 1. The van der Waals surface area contributed by atoms with E-state index >= 15 is 9.59 Å². The summed E-state index contributed by atoms with van der Waals surface area (Å²) in [6, 6.07) is 45.0. The Hall–Kier alpha value is -7.56. The van der Waals surface area contributed by atoms with Crippen molar-refractivity contribution in [1.82, 2.24) is 15.1 Å². The second-order valence-electron chi connectivity index (χ2n) is 17.2. The average Bonchev–Trinajstić information content (AvgIpc) is 3.81. The highest BCUT2D eigenvalue weighted by molar-refractivity contribution is 6.24. The number of carboxylic acids is 1. The molecule has 0 unspecified atom stereocenters. The molecule has 12 nitrogen and oxygen atoms in total. The van der Waals surface area contributed by atoms with E-state index in [1.165, 1.54) is 0 Å². The molecular weight excluding hydrogens is 845 g/mol. The molecule has 3 amide bonds. The van der Waals surface area contributed by atoms with Gasteiger partial charge in [-0.25, -0.2) is 9.69 Å². The molecule has 9 rings (SSSR count). The van der Waals surface area contributed by atoms with Crippen molar-refractivity contribution in [2.75, 3.05) is 31.7 Å². The van der Waals surface area contributed by atoms with Crippen LogP contribution in [0.25, 0.3) is 0 Å². The Morgan fingerprint density at radius 1 is 0.806 bits per heavy atom. The average molecular weight is 895 g/mol. The van der Waals surface area contributed by atoms with E-state index < -0.39 is 65.5 Å². The van der Waals surface area contributed by atoms with Crippen LogP contribution in [-0.2, 0) is 31.1 Å². The van der Waals surface area contributed by atoms with Gasteiger partial charge in [-0.3, -0.25) is 24.2 Å². The molecule has 0 bridgehead atoms. The molecule has 3 heterocycles. The summed E-state index contributed by atoms with van der Waals surface area (Å²) in [5.74, 6) is 2.01. The number of fused-ring (bicyclic) bond motifs is 3. The minimum atomic E-state index is -2.14. The van der Waals surface area contributed by atoms with Gasteiger partial charge >= 0.3 is 18.0 Å². The van der Waals surface area contributed by atoms with E-state index in [0.717, 1.165) is 16.0 Å². The van der Waals surface area contributed by atoms with Crippen molar-refractivity contribution >= 4 is 29.6 Å². The van der Waals surface area contributed by atoms with Gasteiger partial charge in [0, 0.05) is 12.1 Å². The number of anilines is 1. The fourth-order valence-electron chi connectivity index (χ4n) is 10.2. The number of morpholine rings is 1. The largest absolute Gasteiger partial charge is 0.491 e. The summed E-state index contributed by atoms with van der Waals surface area (Å²) in [6.07, 6.45) is -0.944. The number of esters is 1. The minimum absolute atomic E-state index is 0.0315. The van der Waals surface area contributed by atoms with E-state index in [2.05, 4.69) is 22.1 Å². The lowest BCUT2D eigenvalue weighted by atomic mass is 9.65. The van der Waals surface area contributed by atoms with Crippen LogP contribution in [0.3, 0.4) is 0 Å². The molecule has 2 saturated heterocycles. The van der Waals surface area contributed by atoms with Gasteiger partial charge in [-0.05, 0) is 77.7 Å². The first-order valence-electron chi connectivity index (χ1n) is 22.3. The zero-order valence-corrected chi connectivity index (χ0v) is 37.1. The van der Waals surface area contributed by atoms with Crippen LogP contribution in [0.5, 0.6) is 5.75 Å². The zero-order valence-electron chi connectivity index (χ0n) is 37.1. The Morgan fingerprint density at radius 2 is 1.45 bits per heavy atom. The van der Waals surface area contributed by atoms with Gasteiger partial charge < -0.3 is 25.0 Å². The first-order valence-corrected chi connectivity index (χ1v) is 22.3. The number of aliphatic carboxylic acids is 1. The zero-order chi connectivity index (χ0) is 46.7. The quantitative estimate of drug-likeness (QED) is 0.0823. The van der Waals surface area contributed by atoms with Crippen LogP contribution in [0.4, 0.5) is 10.5 Å². The lowest BCUT2D eigenvalue weighted by Gasteiger charge is -2.46. The van der Waals surface area contributed by atoms with Crippen molar-refractivity contribution in [1.29, 1.82) is 0 Å². The molecule has 0 saturated carbocycles. The maximum atomic E-state index is 16.3. The van der Waals surface area contributed by atoms with Crippen molar-refractivity contribution in [3.8, 4) is 17.6 Å². The number of benzene rings is 6. The number of nitrogens with one attached hydrogen (secondary N) is 1. The van der Waals surface area contributed by atoms with Crippen LogP contribution < -0.4 is 15.0 Å².